The van der Waals surface area contributed by atoms with E-state index in [4.69, 9.17) is 14.2 Å². The maximum Gasteiger partial charge on any atom is 0.303 e. The van der Waals surface area contributed by atoms with Crippen molar-refractivity contribution in [3.05, 3.63) is 41.2 Å². The molecule has 178 valence electrons. The number of hydrogen-bond acceptors (Lipinski definition) is 6. The summed E-state index contributed by atoms with van der Waals surface area (Å²) in [6.45, 7) is 8.05. The highest BCUT2D eigenvalue weighted by Gasteiger charge is 2.50. The van der Waals surface area contributed by atoms with Crippen molar-refractivity contribution in [1.82, 2.24) is 4.90 Å². The van der Waals surface area contributed by atoms with E-state index in [0.717, 1.165) is 12.8 Å². The molecule has 2 aliphatic rings. The molecular weight excluding hydrogens is 420 g/mol. The van der Waals surface area contributed by atoms with Crippen molar-refractivity contribution in [3.63, 3.8) is 0 Å². The third-order valence-corrected chi connectivity index (χ3v) is 6.11. The van der Waals surface area contributed by atoms with E-state index in [1.54, 1.807) is 23.1 Å². The predicted molar refractivity (Wildman–Crippen MR) is 123 cm³/mol. The number of nitrogens with zero attached hydrogens (tertiary/aromatic N) is 2. The summed E-state index contributed by atoms with van der Waals surface area (Å²) >= 11 is 0. The lowest BCUT2D eigenvalue weighted by molar-refractivity contribution is -0.171. The summed E-state index contributed by atoms with van der Waals surface area (Å²) in [5.74, 6) is 0.515. The fraction of sp³-hybridized carbons (Fsp3) is 0.577. The quantitative estimate of drug-likeness (QED) is 0.372. The maximum absolute atomic E-state index is 13.0. The summed E-state index contributed by atoms with van der Waals surface area (Å²) in [7, 11) is 0. The molecule has 2 atom stereocenters. The van der Waals surface area contributed by atoms with Crippen molar-refractivity contribution in [3.8, 4) is 11.8 Å². The Balaban J connectivity index is 1.77. The average molecular weight is 455 g/mol. The maximum atomic E-state index is 13.0. The number of nitriles is 1. The van der Waals surface area contributed by atoms with Crippen LogP contribution < -0.4 is 4.74 Å². The Morgan fingerprint density at radius 2 is 1.97 bits per heavy atom. The van der Waals surface area contributed by atoms with Gasteiger partial charge in [-0.1, -0.05) is 39.0 Å². The number of rotatable bonds is 10. The van der Waals surface area contributed by atoms with Crippen molar-refractivity contribution < 1.29 is 23.8 Å². The van der Waals surface area contributed by atoms with Crippen LogP contribution in [-0.4, -0.2) is 41.6 Å². The van der Waals surface area contributed by atoms with Gasteiger partial charge in [-0.05, 0) is 38.5 Å². The Morgan fingerprint density at radius 1 is 1.24 bits per heavy atom. The summed E-state index contributed by atoms with van der Waals surface area (Å²) in [6.07, 6.45) is 7.74. The second-order valence-electron chi connectivity index (χ2n) is 9.24. The van der Waals surface area contributed by atoms with Gasteiger partial charge in [0.2, 0.25) is 0 Å². The number of benzene rings is 1. The van der Waals surface area contributed by atoms with Gasteiger partial charge in [-0.15, -0.1) is 0 Å². The monoisotopic (exact) mass is 454 g/mol. The Labute approximate surface area is 196 Å². The highest BCUT2D eigenvalue weighted by atomic mass is 16.6. The third kappa shape index (κ3) is 5.87. The fourth-order valence-corrected chi connectivity index (χ4v) is 4.46. The number of unbranched alkanes of at least 4 members (excludes halogenated alkanes) is 5. The van der Waals surface area contributed by atoms with Crippen LogP contribution in [0, 0.1) is 11.3 Å². The van der Waals surface area contributed by atoms with Crippen LogP contribution in [0.1, 0.15) is 83.4 Å². The van der Waals surface area contributed by atoms with Crippen LogP contribution >= 0.6 is 0 Å². The smallest absolute Gasteiger partial charge is 0.303 e. The Kier molecular flexibility index (Phi) is 8.01. The Bertz CT molecular complexity index is 946. The van der Waals surface area contributed by atoms with Gasteiger partial charge >= 0.3 is 5.97 Å². The summed E-state index contributed by atoms with van der Waals surface area (Å²) in [5.41, 5.74) is 0.223. The van der Waals surface area contributed by atoms with Gasteiger partial charge in [0.1, 0.15) is 23.2 Å². The molecule has 33 heavy (non-hydrogen) atoms. The molecule has 1 amide bonds. The summed E-state index contributed by atoms with van der Waals surface area (Å²) < 4.78 is 17.7. The number of fused-ring (bicyclic) bond motifs is 1. The largest absolute Gasteiger partial charge is 0.496 e. The van der Waals surface area contributed by atoms with Crippen LogP contribution in [0.3, 0.4) is 0 Å². The average Bonchev–Trinajstić information content (AvgIpc) is 3.12. The molecule has 0 fully saturated rings. The molecule has 1 aromatic rings. The van der Waals surface area contributed by atoms with Crippen molar-refractivity contribution in [2.75, 3.05) is 13.2 Å². The molecule has 3 rings (SSSR count). The van der Waals surface area contributed by atoms with E-state index in [1.165, 1.54) is 38.7 Å². The highest BCUT2D eigenvalue weighted by Crippen LogP contribution is 2.45. The molecule has 0 saturated carbocycles. The van der Waals surface area contributed by atoms with Crippen LogP contribution in [0.2, 0.25) is 0 Å². The van der Waals surface area contributed by atoms with Gasteiger partial charge in [-0.2, -0.15) is 5.26 Å². The van der Waals surface area contributed by atoms with Gasteiger partial charge in [0.25, 0.3) is 5.91 Å². The van der Waals surface area contributed by atoms with Gasteiger partial charge in [-0.25, -0.2) is 0 Å². The number of carbonyl (C=O) groups is 2. The van der Waals surface area contributed by atoms with Gasteiger partial charge in [0.05, 0.1) is 24.8 Å². The third-order valence-electron chi connectivity index (χ3n) is 6.11. The van der Waals surface area contributed by atoms with E-state index >= 15 is 0 Å². The first-order valence-corrected chi connectivity index (χ1v) is 11.8. The molecule has 0 saturated heterocycles. The second-order valence-corrected chi connectivity index (χ2v) is 9.24. The van der Waals surface area contributed by atoms with E-state index in [2.05, 4.69) is 13.0 Å². The zero-order valence-corrected chi connectivity index (χ0v) is 20.1. The van der Waals surface area contributed by atoms with Gasteiger partial charge in [-0.3, -0.25) is 9.59 Å². The molecule has 1 aromatic carbocycles. The molecule has 0 radical (unpaired) electrons. The topological polar surface area (TPSA) is 88.9 Å². The molecule has 2 heterocycles. The normalized spacial score (nSPS) is 21.0. The van der Waals surface area contributed by atoms with Crippen molar-refractivity contribution in [2.45, 2.75) is 84.0 Å². The van der Waals surface area contributed by atoms with E-state index < -0.39 is 23.7 Å². The second kappa shape index (κ2) is 10.7. The number of amides is 1. The molecule has 0 N–H and O–H groups in total. The molecule has 0 aromatic heterocycles. The van der Waals surface area contributed by atoms with E-state index in [0.29, 0.717) is 29.2 Å². The number of ether oxygens (including phenoxy) is 3. The van der Waals surface area contributed by atoms with Gasteiger partial charge in [0, 0.05) is 18.6 Å². The van der Waals surface area contributed by atoms with Crippen LogP contribution in [0.25, 0.3) is 0 Å². The summed E-state index contributed by atoms with van der Waals surface area (Å²) in [4.78, 5) is 26.6. The molecule has 0 aliphatic carbocycles. The fourth-order valence-electron chi connectivity index (χ4n) is 4.46. The Hall–Kier alpha value is -3.01. The number of carbonyl (C=O) groups excluding carboxylic acids is 2. The Morgan fingerprint density at radius 3 is 2.67 bits per heavy atom. The highest BCUT2D eigenvalue weighted by molar-refractivity contribution is 5.91. The predicted octanol–water partition coefficient (Wildman–Crippen LogP) is 4.81. The first-order valence-electron chi connectivity index (χ1n) is 11.8. The molecule has 7 heteroatoms. The minimum absolute atomic E-state index is 0.207. The molecule has 0 unspecified atom stereocenters. The number of hydrogen-bond donors (Lipinski definition) is 0. The van der Waals surface area contributed by atoms with Crippen LogP contribution in [0.4, 0.5) is 0 Å². The van der Waals surface area contributed by atoms with Crippen molar-refractivity contribution in [1.29, 1.82) is 5.26 Å². The van der Waals surface area contributed by atoms with Crippen molar-refractivity contribution in [2.24, 2.45) is 0 Å². The SMILES string of the molecule is CCCCCCCCOC1=CC(=O)N([C@@H]2c3cc(C#N)ccc3OC(C)(C)[C@H]2OC(C)=O)C1. The summed E-state index contributed by atoms with van der Waals surface area (Å²) in [5, 5.41) is 9.40. The molecule has 2 aliphatic heterocycles. The minimum Gasteiger partial charge on any atom is -0.496 e. The lowest BCUT2D eigenvalue weighted by Crippen LogP contribution is -2.55. The summed E-state index contributed by atoms with van der Waals surface area (Å²) in [6, 6.07) is 6.65. The zero-order valence-electron chi connectivity index (χ0n) is 20.1. The van der Waals surface area contributed by atoms with Crippen molar-refractivity contribution >= 4 is 11.9 Å². The van der Waals surface area contributed by atoms with Crippen LogP contribution in [0.15, 0.2) is 30.0 Å². The lowest BCUT2D eigenvalue weighted by atomic mass is 9.84. The number of esters is 1. The molecular formula is C26H34N2O5. The zero-order chi connectivity index (χ0) is 24.0. The van der Waals surface area contributed by atoms with E-state index in [-0.39, 0.29) is 12.5 Å². The lowest BCUT2D eigenvalue weighted by Gasteiger charge is -2.46. The standard InChI is InChI=1S/C26H34N2O5/c1-5-6-7-8-9-10-13-31-20-15-23(30)28(17-20)24-21-14-19(16-27)11-12-22(21)33-26(3,4)25(24)32-18(2)29/h11-12,14-15,24-25H,5-10,13,17H2,1-4H3/t24-,25+/m1/s1. The first-order chi connectivity index (χ1) is 15.8. The van der Waals surface area contributed by atoms with Crippen LogP contribution in [0.5, 0.6) is 5.75 Å². The minimum atomic E-state index is -0.875. The molecule has 0 bridgehead atoms. The van der Waals surface area contributed by atoms with Crippen LogP contribution in [-0.2, 0) is 19.1 Å². The molecule has 7 nitrogen and oxygen atoms in total. The van der Waals surface area contributed by atoms with Gasteiger partial charge in [0.15, 0.2) is 6.10 Å². The molecule has 0 spiro atoms. The first kappa shape index (κ1) is 24.6. The van der Waals surface area contributed by atoms with Gasteiger partial charge < -0.3 is 19.1 Å². The van der Waals surface area contributed by atoms with E-state index in [9.17, 15) is 14.9 Å². The van der Waals surface area contributed by atoms with E-state index in [1.807, 2.05) is 13.8 Å².